The molecule has 0 aliphatic carbocycles. The number of nitrogens with zero attached hydrogens (tertiary/aromatic N) is 3. The van der Waals surface area contributed by atoms with Crippen LogP contribution in [0.15, 0.2) is 30.5 Å². The van der Waals surface area contributed by atoms with Crippen molar-refractivity contribution in [3.8, 4) is 0 Å². The van der Waals surface area contributed by atoms with Gasteiger partial charge in [-0.05, 0) is 19.1 Å². The summed E-state index contributed by atoms with van der Waals surface area (Å²) in [5.41, 5.74) is -1.26. The van der Waals surface area contributed by atoms with Gasteiger partial charge < -0.3 is 5.32 Å². The lowest BCUT2D eigenvalue weighted by atomic mass is 10.1. The maximum Gasteiger partial charge on any atom is 0.418 e. The Kier molecular flexibility index (Phi) is 4.86. The molecular weight excluding hydrogens is 329 g/mol. The molecular formula is C14H13F3N4O3. The van der Waals surface area contributed by atoms with Crippen LogP contribution in [0.5, 0.6) is 0 Å². The van der Waals surface area contributed by atoms with Crippen LogP contribution in [0.25, 0.3) is 0 Å². The van der Waals surface area contributed by atoms with Crippen molar-refractivity contribution in [1.29, 1.82) is 0 Å². The number of alkyl halides is 3. The molecule has 0 bridgehead atoms. The van der Waals surface area contributed by atoms with Crippen LogP contribution in [-0.4, -0.2) is 20.6 Å². The van der Waals surface area contributed by atoms with Crippen LogP contribution < -0.4 is 5.32 Å². The number of anilines is 1. The summed E-state index contributed by atoms with van der Waals surface area (Å²) in [6, 6.07) is 4.63. The Labute approximate surface area is 134 Å². The summed E-state index contributed by atoms with van der Waals surface area (Å²) in [6.07, 6.45) is -3.58. The second-order valence-electron chi connectivity index (χ2n) is 4.96. The summed E-state index contributed by atoms with van der Waals surface area (Å²) in [4.78, 5) is 22.0. The molecule has 2 rings (SSSR count). The molecule has 0 fully saturated rings. The fourth-order valence-corrected chi connectivity index (χ4v) is 2.07. The van der Waals surface area contributed by atoms with Crippen LogP contribution in [-0.2, 0) is 17.5 Å². The van der Waals surface area contributed by atoms with Gasteiger partial charge in [0.05, 0.1) is 16.2 Å². The number of aromatic nitrogens is 2. The van der Waals surface area contributed by atoms with Crippen molar-refractivity contribution in [3.63, 3.8) is 0 Å². The van der Waals surface area contributed by atoms with Gasteiger partial charge in [0.25, 0.3) is 0 Å². The van der Waals surface area contributed by atoms with Crippen molar-refractivity contribution >= 4 is 17.3 Å². The highest BCUT2D eigenvalue weighted by molar-refractivity contribution is 5.91. The maximum atomic E-state index is 12.8. The zero-order chi connectivity index (χ0) is 17.9. The number of rotatable bonds is 5. The first-order valence-corrected chi connectivity index (χ1v) is 6.83. The van der Waals surface area contributed by atoms with E-state index < -0.39 is 22.6 Å². The quantitative estimate of drug-likeness (QED) is 0.667. The SMILES string of the molecule is Cc1nn(CCC(=O)Nc2ccccc2C(F)(F)F)cc1[N+](=O)[O-]. The van der Waals surface area contributed by atoms with Gasteiger partial charge in [-0.2, -0.15) is 18.3 Å². The first-order chi connectivity index (χ1) is 11.2. The van der Waals surface area contributed by atoms with Crippen LogP contribution in [0, 0.1) is 17.0 Å². The first-order valence-electron chi connectivity index (χ1n) is 6.83. The Balaban J connectivity index is 2.02. The molecule has 1 aromatic carbocycles. The number of aryl methyl sites for hydroxylation is 2. The predicted molar refractivity (Wildman–Crippen MR) is 78.3 cm³/mol. The van der Waals surface area contributed by atoms with E-state index in [2.05, 4.69) is 10.4 Å². The minimum atomic E-state index is -4.58. The summed E-state index contributed by atoms with van der Waals surface area (Å²) >= 11 is 0. The van der Waals surface area contributed by atoms with Crippen molar-refractivity contribution in [2.45, 2.75) is 26.1 Å². The third kappa shape index (κ3) is 4.09. The Hall–Kier alpha value is -2.91. The highest BCUT2D eigenvalue weighted by Gasteiger charge is 2.33. The fourth-order valence-electron chi connectivity index (χ4n) is 2.07. The van der Waals surface area contributed by atoms with E-state index in [0.717, 1.165) is 12.1 Å². The van der Waals surface area contributed by atoms with Gasteiger partial charge in [-0.3, -0.25) is 19.6 Å². The predicted octanol–water partition coefficient (Wildman–Crippen LogP) is 3.15. The monoisotopic (exact) mass is 342 g/mol. The molecule has 10 heteroatoms. The van der Waals surface area contributed by atoms with Crippen LogP contribution in [0.1, 0.15) is 17.7 Å². The van der Waals surface area contributed by atoms with Crippen LogP contribution >= 0.6 is 0 Å². The highest BCUT2D eigenvalue weighted by Crippen LogP contribution is 2.34. The normalized spacial score (nSPS) is 11.3. The van der Waals surface area contributed by atoms with Gasteiger partial charge in [-0.15, -0.1) is 0 Å². The van der Waals surface area contributed by atoms with Gasteiger partial charge in [-0.25, -0.2) is 0 Å². The largest absolute Gasteiger partial charge is 0.418 e. The average Bonchev–Trinajstić information content (AvgIpc) is 2.86. The molecule has 0 saturated carbocycles. The molecule has 128 valence electrons. The molecule has 1 aromatic heterocycles. The lowest BCUT2D eigenvalue weighted by molar-refractivity contribution is -0.385. The van der Waals surface area contributed by atoms with Gasteiger partial charge in [0.1, 0.15) is 11.9 Å². The Morgan fingerprint density at radius 2 is 2.04 bits per heavy atom. The van der Waals surface area contributed by atoms with Crippen molar-refractivity contribution < 1.29 is 22.9 Å². The maximum absolute atomic E-state index is 12.8. The topological polar surface area (TPSA) is 90.1 Å². The molecule has 0 aliphatic rings. The Morgan fingerprint density at radius 1 is 1.38 bits per heavy atom. The van der Waals surface area contributed by atoms with E-state index in [1.165, 1.54) is 29.9 Å². The van der Waals surface area contributed by atoms with Gasteiger partial charge in [0.15, 0.2) is 0 Å². The lowest BCUT2D eigenvalue weighted by Crippen LogP contribution is -2.18. The van der Waals surface area contributed by atoms with Crippen molar-refractivity contribution in [2.24, 2.45) is 0 Å². The van der Waals surface area contributed by atoms with Crippen molar-refractivity contribution in [2.75, 3.05) is 5.32 Å². The van der Waals surface area contributed by atoms with Crippen molar-refractivity contribution in [1.82, 2.24) is 9.78 Å². The molecule has 1 amide bonds. The number of amides is 1. The summed E-state index contributed by atoms with van der Waals surface area (Å²) < 4.78 is 39.7. The first kappa shape index (κ1) is 17.4. The van der Waals surface area contributed by atoms with Crippen LogP contribution in [0.2, 0.25) is 0 Å². The molecule has 2 aromatic rings. The summed E-state index contributed by atoms with van der Waals surface area (Å²) in [5, 5.41) is 16.8. The second kappa shape index (κ2) is 6.69. The number of carbonyl (C=O) groups excluding carboxylic acids is 1. The molecule has 0 unspecified atom stereocenters. The zero-order valence-electron chi connectivity index (χ0n) is 12.5. The number of hydrogen-bond acceptors (Lipinski definition) is 4. The minimum absolute atomic E-state index is 0.00863. The number of benzene rings is 1. The van der Waals surface area contributed by atoms with E-state index in [1.807, 2.05) is 0 Å². The summed E-state index contributed by atoms with van der Waals surface area (Å²) in [7, 11) is 0. The molecule has 0 spiro atoms. The number of hydrogen-bond donors (Lipinski definition) is 1. The van der Waals surface area contributed by atoms with E-state index in [9.17, 15) is 28.1 Å². The van der Waals surface area contributed by atoms with Gasteiger partial charge in [0.2, 0.25) is 5.91 Å². The molecule has 0 aliphatic heterocycles. The van der Waals surface area contributed by atoms with E-state index >= 15 is 0 Å². The number of nitrogens with one attached hydrogen (secondary N) is 1. The van der Waals surface area contributed by atoms with E-state index in [1.54, 1.807) is 0 Å². The Bertz CT molecular complexity index is 771. The van der Waals surface area contributed by atoms with Crippen molar-refractivity contribution in [3.05, 3.63) is 51.8 Å². The zero-order valence-corrected chi connectivity index (χ0v) is 12.5. The fraction of sp³-hybridized carbons (Fsp3) is 0.286. The molecule has 1 N–H and O–H groups in total. The van der Waals surface area contributed by atoms with Crippen LogP contribution in [0.3, 0.4) is 0 Å². The lowest BCUT2D eigenvalue weighted by Gasteiger charge is -2.13. The summed E-state index contributed by atoms with van der Waals surface area (Å²) in [6.45, 7) is 1.46. The number of carbonyl (C=O) groups is 1. The van der Waals surface area contributed by atoms with Gasteiger partial charge >= 0.3 is 11.9 Å². The molecule has 7 nitrogen and oxygen atoms in total. The molecule has 0 radical (unpaired) electrons. The third-order valence-corrected chi connectivity index (χ3v) is 3.19. The standard InChI is InChI=1S/C14H13F3N4O3/c1-9-12(21(23)24)8-20(19-9)7-6-13(22)18-11-5-3-2-4-10(11)14(15,16)17/h2-5,8H,6-7H2,1H3,(H,18,22). The number of halogens is 3. The van der Waals surface area contributed by atoms with E-state index in [-0.39, 0.29) is 30.0 Å². The second-order valence-corrected chi connectivity index (χ2v) is 4.96. The third-order valence-electron chi connectivity index (χ3n) is 3.19. The van der Waals surface area contributed by atoms with E-state index in [0.29, 0.717) is 0 Å². The molecule has 0 saturated heterocycles. The minimum Gasteiger partial charge on any atom is -0.325 e. The Morgan fingerprint density at radius 3 is 2.62 bits per heavy atom. The molecule has 0 atom stereocenters. The molecule has 24 heavy (non-hydrogen) atoms. The number of para-hydroxylation sites is 1. The smallest absolute Gasteiger partial charge is 0.325 e. The number of nitro groups is 1. The van der Waals surface area contributed by atoms with Crippen LogP contribution in [0.4, 0.5) is 24.5 Å². The highest BCUT2D eigenvalue weighted by atomic mass is 19.4. The average molecular weight is 342 g/mol. The van der Waals surface area contributed by atoms with Gasteiger partial charge in [-0.1, -0.05) is 12.1 Å². The van der Waals surface area contributed by atoms with Gasteiger partial charge in [0, 0.05) is 13.0 Å². The molecule has 1 heterocycles. The summed E-state index contributed by atoms with van der Waals surface area (Å²) in [5.74, 6) is -0.650. The van der Waals surface area contributed by atoms with E-state index in [4.69, 9.17) is 0 Å².